The largest absolute Gasteiger partial charge is 0.497 e. The summed E-state index contributed by atoms with van der Waals surface area (Å²) in [5.74, 6) is 0.882. The minimum absolute atomic E-state index is 0.0481. The van der Waals surface area contributed by atoms with E-state index in [0.29, 0.717) is 46.2 Å². The number of halogens is 1. The number of ketones is 1. The fourth-order valence-corrected chi connectivity index (χ4v) is 3.92. The molecule has 3 aromatic rings. The molecule has 0 unspecified atom stereocenters. The van der Waals surface area contributed by atoms with Crippen LogP contribution in [0, 0.1) is 0 Å². The fraction of sp³-hybridized carbons (Fsp3) is 0.217. The molecule has 2 aromatic carbocycles. The van der Waals surface area contributed by atoms with Gasteiger partial charge in [0.1, 0.15) is 11.5 Å². The summed E-state index contributed by atoms with van der Waals surface area (Å²) in [6, 6.07) is 12.3. The summed E-state index contributed by atoms with van der Waals surface area (Å²) in [4.78, 5) is 33.9. The number of rotatable bonds is 5. The second-order valence-electron chi connectivity index (χ2n) is 7.12. The van der Waals surface area contributed by atoms with Gasteiger partial charge in [-0.2, -0.15) is 0 Å². The Hall–Kier alpha value is -3.45. The average molecular weight is 438 g/mol. The van der Waals surface area contributed by atoms with Gasteiger partial charge < -0.3 is 9.47 Å². The first-order valence-electron chi connectivity index (χ1n) is 9.67. The maximum absolute atomic E-state index is 12.7. The van der Waals surface area contributed by atoms with E-state index in [-0.39, 0.29) is 17.6 Å². The molecule has 0 saturated heterocycles. The third-order valence-corrected chi connectivity index (χ3v) is 5.59. The topological polar surface area (TPSA) is 90.4 Å². The first-order valence-corrected chi connectivity index (χ1v) is 10.0. The van der Waals surface area contributed by atoms with Crippen molar-refractivity contribution in [3.8, 4) is 11.5 Å². The lowest BCUT2D eigenvalue weighted by Gasteiger charge is -2.25. The first kappa shape index (κ1) is 20.8. The van der Waals surface area contributed by atoms with E-state index in [0.717, 1.165) is 5.56 Å². The van der Waals surface area contributed by atoms with Crippen LogP contribution < -0.4 is 14.8 Å². The number of benzene rings is 2. The van der Waals surface area contributed by atoms with Crippen molar-refractivity contribution in [3.05, 3.63) is 76.1 Å². The molecule has 1 aromatic heterocycles. The van der Waals surface area contributed by atoms with Crippen LogP contribution in [0.3, 0.4) is 0 Å². The number of carbonyl (C=O) groups excluding carboxylic acids is 2. The molecule has 31 heavy (non-hydrogen) atoms. The van der Waals surface area contributed by atoms with Gasteiger partial charge >= 0.3 is 0 Å². The molecule has 1 atom stereocenters. The first-order chi connectivity index (χ1) is 15.0. The number of ether oxygens (including phenoxy) is 2. The number of methoxy groups -OCH3 is 2. The molecule has 1 aliphatic carbocycles. The molecular formula is C23H20ClN3O4. The summed E-state index contributed by atoms with van der Waals surface area (Å²) in [6.07, 6.45) is 2.31. The SMILES string of the molecule is COc1ccc([C@H]2CC(=O)c3cnc(NC(=O)c4ccccc4Cl)nc3C2)c(OC)c1. The van der Waals surface area contributed by atoms with Crippen molar-refractivity contribution in [2.45, 2.75) is 18.8 Å². The molecule has 0 spiro atoms. The molecule has 0 aliphatic heterocycles. The maximum Gasteiger partial charge on any atom is 0.259 e. The van der Waals surface area contributed by atoms with Crippen LogP contribution in [0.25, 0.3) is 0 Å². The van der Waals surface area contributed by atoms with Gasteiger partial charge in [-0.3, -0.25) is 14.9 Å². The van der Waals surface area contributed by atoms with Crippen molar-refractivity contribution in [1.29, 1.82) is 0 Å². The molecule has 1 amide bonds. The molecule has 0 fully saturated rings. The van der Waals surface area contributed by atoms with Crippen LogP contribution in [-0.2, 0) is 6.42 Å². The number of fused-ring (bicyclic) bond motifs is 1. The summed E-state index contributed by atoms with van der Waals surface area (Å²) < 4.78 is 10.8. The molecule has 0 bridgehead atoms. The van der Waals surface area contributed by atoms with Gasteiger partial charge in [0.2, 0.25) is 5.95 Å². The van der Waals surface area contributed by atoms with Crippen LogP contribution in [0.4, 0.5) is 5.95 Å². The Balaban J connectivity index is 1.61. The van der Waals surface area contributed by atoms with Crippen molar-refractivity contribution >= 4 is 29.2 Å². The number of hydrogen-bond donors (Lipinski definition) is 1. The predicted octanol–water partition coefficient (Wildman–Crippen LogP) is 4.31. The molecule has 1 aliphatic rings. The van der Waals surface area contributed by atoms with Gasteiger partial charge in [-0.05, 0) is 30.2 Å². The van der Waals surface area contributed by atoms with E-state index in [1.165, 1.54) is 6.20 Å². The monoisotopic (exact) mass is 437 g/mol. The van der Waals surface area contributed by atoms with Crippen LogP contribution >= 0.6 is 11.6 Å². The zero-order valence-corrected chi connectivity index (χ0v) is 17.8. The molecule has 1 N–H and O–H groups in total. The lowest BCUT2D eigenvalue weighted by molar-refractivity contribution is 0.0962. The highest BCUT2D eigenvalue weighted by Gasteiger charge is 2.30. The minimum Gasteiger partial charge on any atom is -0.497 e. The minimum atomic E-state index is -0.416. The van der Waals surface area contributed by atoms with Crippen molar-refractivity contribution in [2.75, 3.05) is 19.5 Å². The summed E-state index contributed by atoms with van der Waals surface area (Å²) in [5.41, 5.74) is 2.29. The zero-order valence-electron chi connectivity index (χ0n) is 17.0. The molecular weight excluding hydrogens is 418 g/mol. The van der Waals surface area contributed by atoms with Gasteiger partial charge in [-0.25, -0.2) is 9.97 Å². The van der Waals surface area contributed by atoms with E-state index in [1.54, 1.807) is 44.6 Å². The Morgan fingerprint density at radius 2 is 1.94 bits per heavy atom. The van der Waals surface area contributed by atoms with Crippen molar-refractivity contribution in [3.63, 3.8) is 0 Å². The Morgan fingerprint density at radius 3 is 2.68 bits per heavy atom. The van der Waals surface area contributed by atoms with Gasteiger partial charge in [0, 0.05) is 24.6 Å². The number of nitrogens with one attached hydrogen (secondary N) is 1. The highest BCUT2D eigenvalue weighted by molar-refractivity contribution is 6.34. The number of carbonyl (C=O) groups is 2. The lowest BCUT2D eigenvalue weighted by atomic mass is 9.82. The Morgan fingerprint density at radius 1 is 1.13 bits per heavy atom. The molecule has 0 saturated carbocycles. The highest BCUT2D eigenvalue weighted by atomic mass is 35.5. The van der Waals surface area contributed by atoms with Crippen LogP contribution in [0.15, 0.2) is 48.7 Å². The van der Waals surface area contributed by atoms with Gasteiger partial charge in [0.05, 0.1) is 36.1 Å². The van der Waals surface area contributed by atoms with Gasteiger partial charge in [0.15, 0.2) is 5.78 Å². The smallest absolute Gasteiger partial charge is 0.259 e. The lowest BCUT2D eigenvalue weighted by Crippen LogP contribution is -2.23. The highest BCUT2D eigenvalue weighted by Crippen LogP contribution is 2.38. The van der Waals surface area contributed by atoms with Crippen molar-refractivity contribution in [1.82, 2.24) is 9.97 Å². The van der Waals surface area contributed by atoms with Crippen LogP contribution in [0.1, 0.15) is 44.3 Å². The molecule has 8 heteroatoms. The van der Waals surface area contributed by atoms with Crippen LogP contribution in [-0.4, -0.2) is 35.9 Å². The van der Waals surface area contributed by atoms with E-state index in [4.69, 9.17) is 21.1 Å². The number of aromatic nitrogens is 2. The van der Waals surface area contributed by atoms with Gasteiger partial charge in [-0.1, -0.05) is 29.8 Å². The summed E-state index contributed by atoms with van der Waals surface area (Å²) in [7, 11) is 3.17. The predicted molar refractivity (Wildman–Crippen MR) is 116 cm³/mol. The number of Topliss-reactive ketones (excluding diaryl/α,β-unsaturated/α-hetero) is 1. The molecule has 0 radical (unpaired) electrons. The van der Waals surface area contributed by atoms with Crippen LogP contribution in [0.2, 0.25) is 5.02 Å². The third-order valence-electron chi connectivity index (χ3n) is 5.26. The molecule has 1 heterocycles. The number of amides is 1. The standard InChI is InChI=1S/C23H20ClN3O4/c1-30-14-7-8-15(21(11-14)31-2)13-9-19-17(20(28)10-13)12-25-23(26-19)27-22(29)16-5-3-4-6-18(16)24/h3-8,11-13H,9-10H2,1-2H3,(H,25,26,27,29)/t13-/m1/s1. The molecule has 4 rings (SSSR count). The summed E-state index contributed by atoms with van der Waals surface area (Å²) in [5, 5.41) is 2.99. The Kier molecular flexibility index (Phi) is 5.86. The Labute approximate surface area is 184 Å². The number of anilines is 1. The van der Waals surface area contributed by atoms with Gasteiger partial charge in [0.25, 0.3) is 5.91 Å². The fourth-order valence-electron chi connectivity index (χ4n) is 3.70. The van der Waals surface area contributed by atoms with Crippen LogP contribution in [0.5, 0.6) is 11.5 Å². The summed E-state index contributed by atoms with van der Waals surface area (Å²) >= 11 is 6.09. The third kappa shape index (κ3) is 4.22. The average Bonchev–Trinajstić information content (AvgIpc) is 2.78. The second-order valence-corrected chi connectivity index (χ2v) is 7.53. The molecule has 158 valence electrons. The van der Waals surface area contributed by atoms with E-state index >= 15 is 0 Å². The quantitative estimate of drug-likeness (QED) is 0.639. The maximum atomic E-state index is 12.7. The number of hydrogen-bond acceptors (Lipinski definition) is 6. The van der Waals surface area contributed by atoms with E-state index < -0.39 is 5.91 Å². The zero-order chi connectivity index (χ0) is 22.0. The van der Waals surface area contributed by atoms with E-state index in [9.17, 15) is 9.59 Å². The second kappa shape index (κ2) is 8.73. The van der Waals surface area contributed by atoms with Crippen molar-refractivity contribution in [2.24, 2.45) is 0 Å². The van der Waals surface area contributed by atoms with Crippen molar-refractivity contribution < 1.29 is 19.1 Å². The Bertz CT molecular complexity index is 1170. The van der Waals surface area contributed by atoms with E-state index in [1.807, 2.05) is 12.1 Å². The van der Waals surface area contributed by atoms with E-state index in [2.05, 4.69) is 15.3 Å². The normalized spacial score (nSPS) is 15.2. The number of nitrogens with zero attached hydrogens (tertiary/aromatic N) is 2. The molecule has 7 nitrogen and oxygen atoms in total. The van der Waals surface area contributed by atoms with Gasteiger partial charge in [-0.15, -0.1) is 0 Å². The summed E-state index contributed by atoms with van der Waals surface area (Å²) in [6.45, 7) is 0.